The van der Waals surface area contributed by atoms with Gasteiger partial charge in [-0.15, -0.1) is 11.8 Å². The first-order valence-electron chi connectivity index (χ1n) is 8.98. The molecule has 3 rings (SSSR count). The second-order valence-electron chi connectivity index (χ2n) is 7.05. The van der Waals surface area contributed by atoms with Crippen LogP contribution in [-0.2, 0) is 5.75 Å². The number of carbonyl (C=O) groups is 1. The van der Waals surface area contributed by atoms with Gasteiger partial charge in [0, 0.05) is 23.7 Å². The molecule has 1 aromatic heterocycles. The number of pyridine rings is 1. The van der Waals surface area contributed by atoms with Crippen molar-refractivity contribution in [2.75, 3.05) is 13.1 Å². The van der Waals surface area contributed by atoms with Crippen LogP contribution in [0, 0.1) is 19.8 Å². The molecule has 132 valence electrons. The predicted octanol–water partition coefficient (Wildman–Crippen LogP) is 4.86. The van der Waals surface area contributed by atoms with Gasteiger partial charge < -0.3 is 4.90 Å². The fraction of sp³-hybridized carbons (Fsp3) is 0.429. The number of aromatic nitrogens is 1. The average molecular weight is 355 g/mol. The maximum absolute atomic E-state index is 12.7. The number of hydrogen-bond acceptors (Lipinski definition) is 3. The van der Waals surface area contributed by atoms with Gasteiger partial charge in [-0.25, -0.2) is 4.98 Å². The lowest BCUT2D eigenvalue weighted by molar-refractivity contribution is 0.0691. The van der Waals surface area contributed by atoms with Crippen LogP contribution in [0.2, 0.25) is 0 Å². The van der Waals surface area contributed by atoms with Crippen molar-refractivity contribution in [2.45, 2.75) is 44.3 Å². The van der Waals surface area contributed by atoms with Crippen LogP contribution >= 0.6 is 11.8 Å². The van der Waals surface area contributed by atoms with Gasteiger partial charge in [-0.2, -0.15) is 0 Å². The molecule has 2 aromatic rings. The third kappa shape index (κ3) is 4.63. The van der Waals surface area contributed by atoms with E-state index in [0.29, 0.717) is 5.69 Å². The van der Waals surface area contributed by atoms with Crippen LogP contribution in [-0.4, -0.2) is 28.9 Å². The highest BCUT2D eigenvalue weighted by Gasteiger charge is 2.22. The fourth-order valence-electron chi connectivity index (χ4n) is 3.17. The number of amides is 1. The Hall–Kier alpha value is -1.81. The van der Waals surface area contributed by atoms with E-state index >= 15 is 0 Å². The maximum Gasteiger partial charge on any atom is 0.272 e. The number of thioether (sulfide) groups is 1. The molecule has 1 aliphatic heterocycles. The lowest BCUT2D eigenvalue weighted by Gasteiger charge is -2.30. The van der Waals surface area contributed by atoms with E-state index in [1.54, 1.807) is 11.8 Å². The summed E-state index contributed by atoms with van der Waals surface area (Å²) in [6.45, 7) is 8.21. The van der Waals surface area contributed by atoms with Gasteiger partial charge in [0.2, 0.25) is 0 Å². The van der Waals surface area contributed by atoms with Gasteiger partial charge in [0.25, 0.3) is 5.91 Å². The Morgan fingerprint density at radius 1 is 1.20 bits per heavy atom. The minimum Gasteiger partial charge on any atom is -0.337 e. The first-order valence-corrected chi connectivity index (χ1v) is 9.97. The summed E-state index contributed by atoms with van der Waals surface area (Å²) >= 11 is 1.78. The van der Waals surface area contributed by atoms with Gasteiger partial charge in [0.1, 0.15) is 5.69 Å². The van der Waals surface area contributed by atoms with Crippen molar-refractivity contribution in [3.63, 3.8) is 0 Å². The van der Waals surface area contributed by atoms with Crippen LogP contribution in [0.1, 0.15) is 47.1 Å². The summed E-state index contributed by atoms with van der Waals surface area (Å²) in [7, 11) is 0. The Morgan fingerprint density at radius 2 is 1.96 bits per heavy atom. The smallest absolute Gasteiger partial charge is 0.272 e. The largest absolute Gasteiger partial charge is 0.337 e. The molecule has 0 spiro atoms. The Morgan fingerprint density at radius 3 is 2.68 bits per heavy atom. The van der Waals surface area contributed by atoms with Crippen LogP contribution in [0.5, 0.6) is 0 Å². The highest BCUT2D eigenvalue weighted by atomic mass is 32.2. The van der Waals surface area contributed by atoms with Crippen molar-refractivity contribution < 1.29 is 4.79 Å². The van der Waals surface area contributed by atoms with Crippen LogP contribution < -0.4 is 0 Å². The topological polar surface area (TPSA) is 33.2 Å². The summed E-state index contributed by atoms with van der Waals surface area (Å²) in [4.78, 5) is 20.5. The molecule has 1 aliphatic rings. The number of aryl methyl sites for hydroxylation is 2. The van der Waals surface area contributed by atoms with Gasteiger partial charge in [-0.3, -0.25) is 4.79 Å². The van der Waals surface area contributed by atoms with Crippen molar-refractivity contribution in [2.24, 2.45) is 5.92 Å². The Bertz CT molecular complexity index is 751. The highest BCUT2D eigenvalue weighted by molar-refractivity contribution is 7.98. The summed E-state index contributed by atoms with van der Waals surface area (Å²) in [5.74, 6) is 1.57. The molecule has 1 saturated heterocycles. The number of rotatable bonds is 4. The molecule has 0 radical (unpaired) electrons. The summed E-state index contributed by atoms with van der Waals surface area (Å²) in [5.41, 5.74) is 4.11. The number of hydrogen-bond donors (Lipinski definition) is 0. The molecule has 0 N–H and O–H groups in total. The lowest BCUT2D eigenvalue weighted by Crippen LogP contribution is -2.38. The van der Waals surface area contributed by atoms with Gasteiger partial charge in [-0.05, 0) is 56.4 Å². The number of benzene rings is 1. The molecule has 1 fully saturated rings. The number of carbonyl (C=O) groups excluding carboxylic acids is 1. The van der Waals surface area contributed by atoms with Gasteiger partial charge in [-0.1, -0.05) is 30.7 Å². The quantitative estimate of drug-likeness (QED) is 0.735. The standard InChI is InChI=1S/C21H26N2OS/c1-15-9-11-23(12-10-15)21(24)19-6-4-5-18(22-19)14-25-20-8-7-16(2)13-17(20)3/h4-8,13,15H,9-12,14H2,1-3H3. The van der Waals surface area contributed by atoms with E-state index < -0.39 is 0 Å². The molecule has 0 bridgehead atoms. The van der Waals surface area contributed by atoms with Crippen LogP contribution in [0.4, 0.5) is 0 Å². The molecule has 0 unspecified atom stereocenters. The molecule has 1 aromatic carbocycles. The Labute approximate surface area is 154 Å². The first-order chi connectivity index (χ1) is 12.0. The molecule has 0 saturated carbocycles. The van der Waals surface area contributed by atoms with Crippen molar-refractivity contribution in [1.82, 2.24) is 9.88 Å². The van der Waals surface area contributed by atoms with Crippen LogP contribution in [0.25, 0.3) is 0 Å². The Balaban J connectivity index is 1.66. The summed E-state index contributed by atoms with van der Waals surface area (Å²) in [6.07, 6.45) is 2.18. The van der Waals surface area contributed by atoms with E-state index in [-0.39, 0.29) is 5.91 Å². The maximum atomic E-state index is 12.7. The molecule has 1 amide bonds. The zero-order valence-corrected chi connectivity index (χ0v) is 16.1. The lowest BCUT2D eigenvalue weighted by atomic mass is 9.99. The van der Waals surface area contributed by atoms with Crippen molar-refractivity contribution in [3.05, 3.63) is 58.9 Å². The first kappa shape index (κ1) is 18.0. The zero-order chi connectivity index (χ0) is 17.8. The van der Waals surface area contributed by atoms with E-state index in [2.05, 4.69) is 44.0 Å². The van der Waals surface area contributed by atoms with Gasteiger partial charge in [0.15, 0.2) is 0 Å². The number of piperidine rings is 1. The second-order valence-corrected chi connectivity index (χ2v) is 8.06. The predicted molar refractivity (Wildman–Crippen MR) is 104 cm³/mol. The monoisotopic (exact) mass is 354 g/mol. The van der Waals surface area contributed by atoms with Crippen molar-refractivity contribution in [1.29, 1.82) is 0 Å². The van der Waals surface area contributed by atoms with Crippen molar-refractivity contribution >= 4 is 17.7 Å². The molecule has 0 atom stereocenters. The molecule has 0 aliphatic carbocycles. The normalized spacial score (nSPS) is 15.4. The van der Waals surface area contributed by atoms with Crippen LogP contribution in [0.3, 0.4) is 0 Å². The zero-order valence-electron chi connectivity index (χ0n) is 15.3. The number of likely N-dealkylation sites (tertiary alicyclic amines) is 1. The SMILES string of the molecule is Cc1ccc(SCc2cccc(C(=O)N3CCC(C)CC3)n2)c(C)c1. The third-order valence-corrected chi connectivity index (χ3v) is 6.01. The summed E-state index contributed by atoms with van der Waals surface area (Å²) < 4.78 is 0. The molecular formula is C21H26N2OS. The highest BCUT2D eigenvalue weighted by Crippen LogP contribution is 2.26. The van der Waals surface area contributed by atoms with Gasteiger partial charge >= 0.3 is 0 Å². The molecule has 3 nitrogen and oxygen atoms in total. The minimum atomic E-state index is 0.0743. The molecule has 4 heteroatoms. The van der Waals surface area contributed by atoms with E-state index in [4.69, 9.17) is 0 Å². The van der Waals surface area contributed by atoms with Gasteiger partial charge in [0.05, 0.1) is 5.69 Å². The van der Waals surface area contributed by atoms with E-state index in [0.717, 1.165) is 43.3 Å². The van der Waals surface area contributed by atoms with E-state index in [1.165, 1.54) is 16.0 Å². The minimum absolute atomic E-state index is 0.0743. The Kier molecular flexibility index (Phi) is 5.79. The number of nitrogens with zero attached hydrogens (tertiary/aromatic N) is 2. The van der Waals surface area contributed by atoms with Crippen LogP contribution in [0.15, 0.2) is 41.3 Å². The molecule has 25 heavy (non-hydrogen) atoms. The van der Waals surface area contributed by atoms with E-state index in [9.17, 15) is 4.79 Å². The fourth-order valence-corrected chi connectivity index (χ4v) is 4.08. The summed E-state index contributed by atoms with van der Waals surface area (Å²) in [5, 5.41) is 0. The molecular weight excluding hydrogens is 328 g/mol. The third-order valence-electron chi connectivity index (χ3n) is 4.80. The van der Waals surface area contributed by atoms with E-state index in [1.807, 2.05) is 23.1 Å². The second kappa shape index (κ2) is 8.05. The molecule has 2 heterocycles. The summed E-state index contributed by atoms with van der Waals surface area (Å²) in [6, 6.07) is 12.3. The van der Waals surface area contributed by atoms with Crippen molar-refractivity contribution in [3.8, 4) is 0 Å². The average Bonchev–Trinajstić information content (AvgIpc) is 2.61.